The van der Waals surface area contributed by atoms with Crippen LogP contribution in [0.25, 0.3) is 22.3 Å². The lowest BCUT2D eigenvalue weighted by molar-refractivity contribution is 1.05. The van der Waals surface area contributed by atoms with Gasteiger partial charge in [0.25, 0.3) is 0 Å². The van der Waals surface area contributed by atoms with Crippen molar-refractivity contribution in [3.8, 4) is 11.4 Å². The highest BCUT2D eigenvalue weighted by atomic mass is 15.2. The van der Waals surface area contributed by atoms with Crippen LogP contribution in [0.2, 0.25) is 0 Å². The Hall–Kier alpha value is -5.11. The summed E-state index contributed by atoms with van der Waals surface area (Å²) >= 11 is 0. The number of hydrogen-bond acceptors (Lipinski definition) is 7. The van der Waals surface area contributed by atoms with Gasteiger partial charge in [0.15, 0.2) is 11.6 Å². The second-order valence-electron chi connectivity index (χ2n) is 8.64. The highest BCUT2D eigenvalue weighted by molar-refractivity contribution is 5.91. The van der Waals surface area contributed by atoms with Crippen LogP contribution in [0.1, 0.15) is 16.7 Å². The minimum absolute atomic E-state index is 0.532. The van der Waals surface area contributed by atoms with Crippen LogP contribution in [-0.2, 0) is 13.0 Å². The number of nitrogens with zero attached hydrogens (tertiary/aromatic N) is 5. The third-order valence-electron chi connectivity index (χ3n) is 5.98. The Kier molecular flexibility index (Phi) is 6.19. The molecule has 8 heteroatoms. The van der Waals surface area contributed by atoms with Gasteiger partial charge in [0.05, 0.1) is 11.1 Å². The standard InChI is InChI=1S/C29H24N8/c1-3-7-20(8-4-1)15-22-11-12-24-25(16-22)36-37-28(24)35-26-13-14-30-27(34-26)23-18-32-29(33-19-23)31-17-21-9-5-2-6-10-21/h1-14,16,18-19H,15,17H2,(H,31,32,33)(H2,30,34,35,36,37). The van der Waals surface area contributed by atoms with Crippen molar-refractivity contribution in [1.29, 1.82) is 0 Å². The van der Waals surface area contributed by atoms with E-state index in [9.17, 15) is 0 Å². The maximum Gasteiger partial charge on any atom is 0.222 e. The van der Waals surface area contributed by atoms with Crippen LogP contribution in [0.3, 0.4) is 0 Å². The highest BCUT2D eigenvalue weighted by Gasteiger charge is 2.10. The van der Waals surface area contributed by atoms with E-state index in [1.54, 1.807) is 18.6 Å². The van der Waals surface area contributed by atoms with Gasteiger partial charge in [-0.2, -0.15) is 5.10 Å². The molecule has 0 unspecified atom stereocenters. The van der Waals surface area contributed by atoms with Crippen LogP contribution in [0.15, 0.2) is 104 Å². The van der Waals surface area contributed by atoms with E-state index in [4.69, 9.17) is 0 Å². The molecule has 37 heavy (non-hydrogen) atoms. The maximum absolute atomic E-state index is 4.64. The van der Waals surface area contributed by atoms with Crippen molar-refractivity contribution < 1.29 is 0 Å². The third kappa shape index (κ3) is 5.28. The molecule has 180 valence electrons. The summed E-state index contributed by atoms with van der Waals surface area (Å²) in [5.41, 5.74) is 5.36. The summed E-state index contributed by atoms with van der Waals surface area (Å²) in [5, 5.41) is 15.1. The van der Waals surface area contributed by atoms with E-state index in [0.717, 1.165) is 28.5 Å². The molecule has 0 spiro atoms. The number of fused-ring (bicyclic) bond motifs is 1. The lowest BCUT2D eigenvalue weighted by Crippen LogP contribution is -2.03. The van der Waals surface area contributed by atoms with Gasteiger partial charge in [-0.1, -0.05) is 66.7 Å². The number of aromatic nitrogens is 6. The van der Waals surface area contributed by atoms with Gasteiger partial charge in [0, 0.05) is 30.5 Å². The molecule has 0 radical (unpaired) electrons. The third-order valence-corrected chi connectivity index (χ3v) is 5.98. The fourth-order valence-electron chi connectivity index (χ4n) is 4.10. The largest absolute Gasteiger partial charge is 0.350 e. The van der Waals surface area contributed by atoms with Crippen LogP contribution in [0.5, 0.6) is 0 Å². The zero-order valence-electron chi connectivity index (χ0n) is 20.0. The summed E-state index contributed by atoms with van der Waals surface area (Å²) in [6.45, 7) is 0.654. The van der Waals surface area contributed by atoms with Gasteiger partial charge in [-0.15, -0.1) is 0 Å². The number of benzene rings is 3. The number of aromatic amines is 1. The molecule has 8 nitrogen and oxygen atoms in total. The summed E-state index contributed by atoms with van der Waals surface area (Å²) in [7, 11) is 0. The summed E-state index contributed by atoms with van der Waals surface area (Å²) in [4.78, 5) is 17.9. The van der Waals surface area contributed by atoms with Gasteiger partial charge in [0.1, 0.15) is 5.82 Å². The van der Waals surface area contributed by atoms with E-state index in [1.165, 1.54) is 11.1 Å². The Morgan fingerprint density at radius 3 is 2.27 bits per heavy atom. The molecule has 3 aromatic carbocycles. The van der Waals surface area contributed by atoms with Crippen LogP contribution >= 0.6 is 0 Å². The topological polar surface area (TPSA) is 104 Å². The molecule has 3 N–H and O–H groups in total. The fourth-order valence-corrected chi connectivity index (χ4v) is 4.10. The first kappa shape index (κ1) is 22.4. The summed E-state index contributed by atoms with van der Waals surface area (Å²) in [6.07, 6.45) is 6.02. The molecule has 0 fully saturated rings. The first-order valence-electron chi connectivity index (χ1n) is 12.0. The van der Waals surface area contributed by atoms with Crippen molar-refractivity contribution in [1.82, 2.24) is 30.1 Å². The van der Waals surface area contributed by atoms with Crippen LogP contribution in [0.4, 0.5) is 17.6 Å². The van der Waals surface area contributed by atoms with E-state index in [1.807, 2.05) is 30.3 Å². The van der Waals surface area contributed by atoms with Gasteiger partial charge in [-0.3, -0.25) is 5.10 Å². The van der Waals surface area contributed by atoms with Crippen LogP contribution < -0.4 is 10.6 Å². The minimum Gasteiger partial charge on any atom is -0.350 e. The Labute approximate surface area is 213 Å². The summed E-state index contributed by atoms with van der Waals surface area (Å²) in [5.74, 6) is 2.43. The van der Waals surface area contributed by atoms with Gasteiger partial charge >= 0.3 is 0 Å². The zero-order valence-corrected chi connectivity index (χ0v) is 20.0. The molecular weight excluding hydrogens is 460 g/mol. The lowest BCUT2D eigenvalue weighted by Gasteiger charge is -2.07. The molecule has 6 rings (SSSR count). The van der Waals surface area contributed by atoms with Crippen molar-refractivity contribution in [3.05, 3.63) is 120 Å². The first-order valence-corrected chi connectivity index (χ1v) is 12.0. The Morgan fingerprint density at radius 2 is 1.49 bits per heavy atom. The number of nitrogens with one attached hydrogen (secondary N) is 3. The molecular formula is C29H24N8. The fraction of sp³-hybridized carbons (Fsp3) is 0.0690. The van der Waals surface area contributed by atoms with E-state index >= 15 is 0 Å². The maximum atomic E-state index is 4.64. The van der Waals surface area contributed by atoms with Gasteiger partial charge in [-0.25, -0.2) is 19.9 Å². The Balaban J connectivity index is 1.15. The molecule has 3 heterocycles. The van der Waals surface area contributed by atoms with Crippen LogP contribution in [-0.4, -0.2) is 30.1 Å². The van der Waals surface area contributed by atoms with Gasteiger partial charge in [-0.05, 0) is 41.3 Å². The molecule has 3 aromatic heterocycles. The molecule has 0 saturated carbocycles. The second-order valence-corrected chi connectivity index (χ2v) is 8.64. The molecule has 0 aliphatic carbocycles. The minimum atomic E-state index is 0.532. The number of anilines is 3. The molecule has 0 aliphatic rings. The van der Waals surface area contributed by atoms with Gasteiger partial charge in [0.2, 0.25) is 5.95 Å². The summed E-state index contributed by atoms with van der Waals surface area (Å²) < 4.78 is 0. The van der Waals surface area contributed by atoms with Gasteiger partial charge < -0.3 is 10.6 Å². The first-order chi connectivity index (χ1) is 18.3. The van der Waals surface area contributed by atoms with Crippen molar-refractivity contribution >= 4 is 28.5 Å². The van der Waals surface area contributed by atoms with Crippen molar-refractivity contribution in [2.45, 2.75) is 13.0 Å². The summed E-state index contributed by atoms with van der Waals surface area (Å²) in [6, 6.07) is 28.7. The van der Waals surface area contributed by atoms with E-state index < -0.39 is 0 Å². The molecule has 0 saturated heterocycles. The van der Waals surface area contributed by atoms with E-state index in [0.29, 0.717) is 30.0 Å². The molecule has 0 amide bonds. The monoisotopic (exact) mass is 484 g/mol. The predicted octanol–water partition coefficient (Wildman–Crippen LogP) is 5.76. The number of rotatable bonds is 8. The lowest BCUT2D eigenvalue weighted by atomic mass is 10.0. The number of H-pyrrole nitrogens is 1. The van der Waals surface area contributed by atoms with E-state index in [2.05, 4.69) is 95.4 Å². The Morgan fingerprint density at radius 1 is 0.730 bits per heavy atom. The average molecular weight is 485 g/mol. The quantitative estimate of drug-likeness (QED) is 0.252. The van der Waals surface area contributed by atoms with Crippen molar-refractivity contribution in [2.75, 3.05) is 10.6 Å². The normalized spacial score (nSPS) is 10.9. The van der Waals surface area contributed by atoms with Crippen LogP contribution in [0, 0.1) is 0 Å². The predicted molar refractivity (Wildman–Crippen MR) is 145 cm³/mol. The molecule has 0 atom stereocenters. The average Bonchev–Trinajstić information content (AvgIpc) is 3.35. The molecule has 6 aromatic rings. The highest BCUT2D eigenvalue weighted by Crippen LogP contribution is 2.26. The van der Waals surface area contributed by atoms with E-state index in [-0.39, 0.29) is 0 Å². The smallest absolute Gasteiger partial charge is 0.222 e. The molecule has 0 bridgehead atoms. The van der Waals surface area contributed by atoms with Crippen molar-refractivity contribution in [3.63, 3.8) is 0 Å². The SMILES string of the molecule is c1ccc(CNc2ncc(-c3nccc(Nc4n[nH]c5cc(Cc6ccccc6)ccc45)n3)cn2)cc1. The Bertz CT molecular complexity index is 1610. The second kappa shape index (κ2) is 10.2. The van der Waals surface area contributed by atoms with Crippen molar-refractivity contribution in [2.24, 2.45) is 0 Å². The molecule has 0 aliphatic heterocycles. The number of hydrogen-bond donors (Lipinski definition) is 3. The zero-order chi connectivity index (χ0) is 24.9.